The topological polar surface area (TPSA) is 46.6 Å². The summed E-state index contributed by atoms with van der Waals surface area (Å²) >= 11 is 1.37. The molecule has 0 saturated carbocycles. The van der Waals surface area contributed by atoms with Gasteiger partial charge in [0.15, 0.2) is 0 Å². The van der Waals surface area contributed by atoms with E-state index < -0.39 is 0 Å². The van der Waals surface area contributed by atoms with E-state index >= 15 is 0 Å². The van der Waals surface area contributed by atoms with Crippen molar-refractivity contribution in [3.8, 4) is 0 Å². The molecule has 3 rings (SSSR count). The van der Waals surface area contributed by atoms with Crippen molar-refractivity contribution in [3.05, 3.63) is 78.4 Å². The lowest BCUT2D eigenvalue weighted by atomic mass is 10.3. The van der Waals surface area contributed by atoms with E-state index in [0.717, 1.165) is 4.90 Å². The van der Waals surface area contributed by atoms with Crippen molar-refractivity contribution < 1.29 is 18.0 Å². The smallest absolute Gasteiger partial charge is 0.233 e. The van der Waals surface area contributed by atoms with Crippen LogP contribution in [0, 0.1) is 5.82 Å². The molecular weight excluding hydrogens is 329 g/mol. The van der Waals surface area contributed by atoms with Gasteiger partial charge in [-0.3, -0.25) is 4.79 Å². The Bertz CT molecular complexity index is 718. The Morgan fingerprint density at radius 1 is 0.958 bits per heavy atom. The van der Waals surface area contributed by atoms with Crippen molar-refractivity contribution >= 4 is 17.7 Å². The maximum absolute atomic E-state index is 12.9. The van der Waals surface area contributed by atoms with E-state index in [1.54, 1.807) is 41.7 Å². The molecule has 0 N–H and O–H groups in total. The van der Waals surface area contributed by atoms with E-state index in [2.05, 4.69) is 0 Å². The van der Waals surface area contributed by atoms with Gasteiger partial charge in [0.1, 0.15) is 17.3 Å². The zero-order valence-electron chi connectivity index (χ0n) is 12.9. The highest BCUT2D eigenvalue weighted by molar-refractivity contribution is 8.00. The fourth-order valence-electron chi connectivity index (χ4n) is 2.18. The Balaban J connectivity index is 1.64. The van der Waals surface area contributed by atoms with Gasteiger partial charge in [-0.1, -0.05) is 0 Å². The molecule has 2 heterocycles. The van der Waals surface area contributed by atoms with Crippen molar-refractivity contribution in [1.82, 2.24) is 4.90 Å². The molecule has 0 radical (unpaired) electrons. The zero-order valence-corrected chi connectivity index (χ0v) is 13.7. The third kappa shape index (κ3) is 4.52. The fourth-order valence-corrected chi connectivity index (χ4v) is 2.98. The molecule has 0 spiro atoms. The van der Waals surface area contributed by atoms with E-state index in [0.29, 0.717) is 24.6 Å². The van der Waals surface area contributed by atoms with Crippen LogP contribution in [0.3, 0.4) is 0 Å². The summed E-state index contributed by atoms with van der Waals surface area (Å²) in [5.41, 5.74) is 0. The minimum absolute atomic E-state index is 0.0443. The maximum Gasteiger partial charge on any atom is 0.233 e. The fraction of sp³-hybridized carbons (Fsp3) is 0.167. The van der Waals surface area contributed by atoms with Crippen LogP contribution in [-0.4, -0.2) is 16.6 Å². The highest BCUT2D eigenvalue weighted by Crippen LogP contribution is 2.20. The van der Waals surface area contributed by atoms with Crippen LogP contribution >= 0.6 is 11.8 Å². The molecule has 0 atom stereocenters. The summed E-state index contributed by atoms with van der Waals surface area (Å²) in [4.78, 5) is 15.1. The third-order valence-electron chi connectivity index (χ3n) is 3.38. The molecule has 6 heteroatoms. The van der Waals surface area contributed by atoms with E-state index in [9.17, 15) is 9.18 Å². The first kappa shape index (κ1) is 16.4. The summed E-state index contributed by atoms with van der Waals surface area (Å²) in [6.07, 6.45) is 3.16. The molecule has 0 saturated heterocycles. The summed E-state index contributed by atoms with van der Waals surface area (Å²) in [5, 5.41) is 0. The molecule has 1 aromatic carbocycles. The average Bonchev–Trinajstić information content (AvgIpc) is 3.27. The van der Waals surface area contributed by atoms with Crippen LogP contribution in [-0.2, 0) is 17.9 Å². The first-order valence-electron chi connectivity index (χ1n) is 7.41. The van der Waals surface area contributed by atoms with Crippen LogP contribution in [0.2, 0.25) is 0 Å². The number of furan rings is 2. The van der Waals surface area contributed by atoms with Crippen molar-refractivity contribution in [2.75, 3.05) is 5.75 Å². The first-order chi connectivity index (χ1) is 11.7. The predicted molar refractivity (Wildman–Crippen MR) is 88.8 cm³/mol. The maximum atomic E-state index is 12.9. The summed E-state index contributed by atoms with van der Waals surface area (Å²) in [6, 6.07) is 13.3. The molecule has 24 heavy (non-hydrogen) atoms. The molecule has 0 aliphatic rings. The van der Waals surface area contributed by atoms with Crippen LogP contribution in [0.1, 0.15) is 11.5 Å². The normalized spacial score (nSPS) is 10.7. The number of carbonyl (C=O) groups excluding carboxylic acids is 1. The van der Waals surface area contributed by atoms with Gasteiger partial charge in [0.25, 0.3) is 0 Å². The van der Waals surface area contributed by atoms with Gasteiger partial charge in [-0.2, -0.15) is 0 Å². The Morgan fingerprint density at radius 3 is 2.04 bits per heavy atom. The van der Waals surface area contributed by atoms with E-state index in [-0.39, 0.29) is 17.5 Å². The number of rotatable bonds is 7. The number of hydrogen-bond acceptors (Lipinski definition) is 4. The van der Waals surface area contributed by atoms with Crippen LogP contribution in [0.5, 0.6) is 0 Å². The number of halogens is 1. The highest BCUT2D eigenvalue weighted by Gasteiger charge is 2.17. The van der Waals surface area contributed by atoms with Gasteiger partial charge >= 0.3 is 0 Å². The molecule has 2 aromatic heterocycles. The Kier molecular flexibility index (Phi) is 5.38. The molecular formula is C18H16FNO3S. The summed E-state index contributed by atoms with van der Waals surface area (Å²) in [6.45, 7) is 0.743. The second-order valence-corrected chi connectivity index (χ2v) is 6.20. The Labute approximate surface area is 143 Å². The number of nitrogens with zero attached hydrogens (tertiary/aromatic N) is 1. The molecule has 0 aliphatic carbocycles. The molecule has 124 valence electrons. The second kappa shape index (κ2) is 7.88. The molecule has 0 bridgehead atoms. The molecule has 3 aromatic rings. The van der Waals surface area contributed by atoms with E-state index in [1.165, 1.54) is 23.9 Å². The number of thioether (sulfide) groups is 1. The van der Waals surface area contributed by atoms with Gasteiger partial charge < -0.3 is 13.7 Å². The third-order valence-corrected chi connectivity index (χ3v) is 4.38. The number of carbonyl (C=O) groups is 1. The van der Waals surface area contributed by atoms with Crippen LogP contribution < -0.4 is 0 Å². The van der Waals surface area contributed by atoms with Gasteiger partial charge in [-0.15, -0.1) is 11.8 Å². The van der Waals surface area contributed by atoms with Crippen LogP contribution in [0.15, 0.2) is 74.8 Å². The lowest BCUT2D eigenvalue weighted by Crippen LogP contribution is -2.31. The number of amides is 1. The molecule has 1 amide bonds. The number of benzene rings is 1. The van der Waals surface area contributed by atoms with E-state index in [4.69, 9.17) is 8.83 Å². The monoisotopic (exact) mass is 345 g/mol. The lowest BCUT2D eigenvalue weighted by molar-refractivity contribution is -0.130. The molecule has 0 aliphatic heterocycles. The summed E-state index contributed by atoms with van der Waals surface area (Å²) in [7, 11) is 0. The standard InChI is InChI=1S/C18H16FNO3S/c19-14-5-7-17(8-6-14)24-13-18(21)20(11-15-3-1-9-22-15)12-16-4-2-10-23-16/h1-10H,11-13H2. The van der Waals surface area contributed by atoms with Gasteiger partial charge in [-0.25, -0.2) is 4.39 Å². The van der Waals surface area contributed by atoms with Gasteiger partial charge in [0.05, 0.1) is 31.4 Å². The van der Waals surface area contributed by atoms with Gasteiger partial charge in [-0.05, 0) is 48.5 Å². The summed E-state index contributed by atoms with van der Waals surface area (Å²) < 4.78 is 23.6. The quantitative estimate of drug-likeness (QED) is 0.598. The minimum Gasteiger partial charge on any atom is -0.467 e. The van der Waals surface area contributed by atoms with Crippen molar-refractivity contribution in [2.24, 2.45) is 0 Å². The first-order valence-corrected chi connectivity index (χ1v) is 8.40. The molecule has 4 nitrogen and oxygen atoms in total. The Hall–Kier alpha value is -2.47. The van der Waals surface area contributed by atoms with E-state index in [1.807, 2.05) is 12.1 Å². The van der Waals surface area contributed by atoms with Crippen molar-refractivity contribution in [3.63, 3.8) is 0 Å². The van der Waals surface area contributed by atoms with Crippen molar-refractivity contribution in [1.29, 1.82) is 0 Å². The van der Waals surface area contributed by atoms with Crippen molar-refractivity contribution in [2.45, 2.75) is 18.0 Å². The molecule has 0 fully saturated rings. The number of hydrogen-bond donors (Lipinski definition) is 0. The van der Waals surface area contributed by atoms with Crippen LogP contribution in [0.4, 0.5) is 4.39 Å². The SMILES string of the molecule is O=C(CSc1ccc(F)cc1)N(Cc1ccco1)Cc1ccco1. The largest absolute Gasteiger partial charge is 0.467 e. The second-order valence-electron chi connectivity index (χ2n) is 5.15. The highest BCUT2D eigenvalue weighted by atomic mass is 32.2. The van der Waals surface area contributed by atoms with Gasteiger partial charge in [0.2, 0.25) is 5.91 Å². The van der Waals surface area contributed by atoms with Gasteiger partial charge in [0, 0.05) is 4.90 Å². The Morgan fingerprint density at radius 2 is 1.54 bits per heavy atom. The summed E-state index contributed by atoms with van der Waals surface area (Å²) in [5.74, 6) is 1.34. The average molecular weight is 345 g/mol. The van der Waals surface area contributed by atoms with Crippen LogP contribution in [0.25, 0.3) is 0 Å². The lowest BCUT2D eigenvalue weighted by Gasteiger charge is -2.20. The minimum atomic E-state index is -0.289. The predicted octanol–water partition coefficient (Wildman–Crippen LogP) is 4.33. The zero-order chi connectivity index (χ0) is 16.8. The molecule has 0 unspecified atom stereocenters.